The summed E-state index contributed by atoms with van der Waals surface area (Å²) < 4.78 is 36.5. The maximum Gasteiger partial charge on any atom is 0.402 e. The summed E-state index contributed by atoms with van der Waals surface area (Å²) in [7, 11) is 1.75. The monoisotopic (exact) mass is 273 g/mol. The van der Waals surface area contributed by atoms with Gasteiger partial charge in [0.2, 0.25) is 0 Å². The summed E-state index contributed by atoms with van der Waals surface area (Å²) in [5.41, 5.74) is 0. The first-order valence-corrected chi connectivity index (χ1v) is 5.70. The Morgan fingerprint density at radius 1 is 1.43 bits per heavy atom. The highest BCUT2D eigenvalue weighted by Gasteiger charge is 2.38. The molecule has 0 bridgehead atoms. The summed E-state index contributed by atoms with van der Waals surface area (Å²) in [5, 5.41) is 0. The van der Waals surface area contributed by atoms with E-state index < -0.39 is 11.0 Å². The standard InChI is InChI=1S/C9H15BrF3N/c1-14(5-7-3-2-4-7)6-8(10)9(11,12)13/h7-8H,2-6H2,1H3. The minimum Gasteiger partial charge on any atom is -0.305 e. The molecule has 1 aliphatic carbocycles. The van der Waals surface area contributed by atoms with Crippen LogP contribution in [0, 0.1) is 5.92 Å². The Bertz CT molecular complexity index is 179. The van der Waals surface area contributed by atoms with Crippen molar-refractivity contribution < 1.29 is 13.2 Å². The Balaban J connectivity index is 2.21. The minimum atomic E-state index is -4.13. The van der Waals surface area contributed by atoms with Gasteiger partial charge in [-0.3, -0.25) is 0 Å². The maximum absolute atomic E-state index is 12.2. The van der Waals surface area contributed by atoms with E-state index in [1.807, 2.05) is 0 Å². The third-order valence-corrected chi connectivity index (χ3v) is 3.43. The second-order valence-corrected chi connectivity index (χ2v) is 5.13. The molecule has 0 spiro atoms. The topological polar surface area (TPSA) is 3.24 Å². The highest BCUT2D eigenvalue weighted by atomic mass is 79.9. The van der Waals surface area contributed by atoms with Crippen molar-refractivity contribution in [2.75, 3.05) is 20.1 Å². The summed E-state index contributed by atoms with van der Waals surface area (Å²) in [6, 6.07) is 0. The predicted molar refractivity (Wildman–Crippen MR) is 53.6 cm³/mol. The molecular formula is C9H15BrF3N. The van der Waals surface area contributed by atoms with Gasteiger partial charge < -0.3 is 4.90 Å². The van der Waals surface area contributed by atoms with Crippen molar-refractivity contribution in [2.45, 2.75) is 30.3 Å². The van der Waals surface area contributed by atoms with Crippen LogP contribution in [-0.2, 0) is 0 Å². The molecule has 1 aliphatic rings. The molecule has 0 aromatic carbocycles. The van der Waals surface area contributed by atoms with Gasteiger partial charge in [-0.05, 0) is 25.8 Å². The van der Waals surface area contributed by atoms with E-state index in [-0.39, 0.29) is 6.54 Å². The first kappa shape index (κ1) is 12.3. The fraction of sp³-hybridized carbons (Fsp3) is 1.00. The normalized spacial score (nSPS) is 21.0. The van der Waals surface area contributed by atoms with Gasteiger partial charge in [0, 0.05) is 13.1 Å². The third-order valence-electron chi connectivity index (χ3n) is 2.62. The van der Waals surface area contributed by atoms with Crippen LogP contribution < -0.4 is 0 Å². The zero-order valence-corrected chi connectivity index (χ0v) is 9.74. The average molecular weight is 274 g/mol. The van der Waals surface area contributed by atoms with Crippen LogP contribution in [0.3, 0.4) is 0 Å². The fourth-order valence-corrected chi connectivity index (χ4v) is 2.06. The van der Waals surface area contributed by atoms with E-state index in [2.05, 4.69) is 15.9 Å². The lowest BCUT2D eigenvalue weighted by Gasteiger charge is -2.31. The van der Waals surface area contributed by atoms with Gasteiger partial charge in [-0.15, -0.1) is 0 Å². The maximum atomic E-state index is 12.2. The van der Waals surface area contributed by atoms with Gasteiger partial charge in [0.25, 0.3) is 0 Å². The van der Waals surface area contributed by atoms with E-state index in [4.69, 9.17) is 0 Å². The lowest BCUT2D eigenvalue weighted by atomic mass is 9.85. The van der Waals surface area contributed by atoms with Crippen molar-refractivity contribution in [2.24, 2.45) is 5.92 Å². The second kappa shape index (κ2) is 4.84. The first-order chi connectivity index (χ1) is 6.39. The van der Waals surface area contributed by atoms with E-state index in [1.165, 1.54) is 19.3 Å². The molecule has 0 N–H and O–H groups in total. The van der Waals surface area contributed by atoms with Crippen LogP contribution in [-0.4, -0.2) is 36.0 Å². The number of rotatable bonds is 4. The first-order valence-electron chi connectivity index (χ1n) is 4.79. The van der Waals surface area contributed by atoms with Crippen molar-refractivity contribution in [3.05, 3.63) is 0 Å². The molecule has 0 amide bonds. The van der Waals surface area contributed by atoms with Crippen molar-refractivity contribution in [1.29, 1.82) is 0 Å². The van der Waals surface area contributed by atoms with E-state index in [1.54, 1.807) is 11.9 Å². The van der Waals surface area contributed by atoms with Crippen molar-refractivity contribution >= 4 is 15.9 Å². The molecule has 0 aliphatic heterocycles. The summed E-state index contributed by atoms with van der Waals surface area (Å²) in [5.74, 6) is 0.618. The lowest BCUT2D eigenvalue weighted by molar-refractivity contribution is -0.130. The van der Waals surface area contributed by atoms with Crippen molar-refractivity contribution in [3.63, 3.8) is 0 Å². The minimum absolute atomic E-state index is 0.0417. The molecule has 1 unspecified atom stereocenters. The van der Waals surface area contributed by atoms with Gasteiger partial charge in [0.05, 0.1) is 0 Å². The summed E-state index contributed by atoms with van der Waals surface area (Å²) in [6.07, 6.45) is -0.560. The third kappa shape index (κ3) is 3.77. The van der Waals surface area contributed by atoms with Crippen molar-refractivity contribution in [1.82, 2.24) is 4.90 Å². The van der Waals surface area contributed by atoms with E-state index in [0.717, 1.165) is 6.54 Å². The van der Waals surface area contributed by atoms with Crippen molar-refractivity contribution in [3.8, 4) is 0 Å². The Hall–Kier alpha value is 0.230. The average Bonchev–Trinajstić information content (AvgIpc) is 1.95. The predicted octanol–water partition coefficient (Wildman–Crippen LogP) is 3.04. The van der Waals surface area contributed by atoms with Crippen LogP contribution in [0.1, 0.15) is 19.3 Å². The number of nitrogens with zero attached hydrogens (tertiary/aromatic N) is 1. The summed E-state index contributed by atoms with van der Waals surface area (Å²) >= 11 is 2.66. The van der Waals surface area contributed by atoms with Gasteiger partial charge >= 0.3 is 6.18 Å². The largest absolute Gasteiger partial charge is 0.402 e. The van der Waals surface area contributed by atoms with Gasteiger partial charge in [0.1, 0.15) is 4.83 Å². The van der Waals surface area contributed by atoms with Crippen LogP contribution in [0.15, 0.2) is 0 Å². The molecule has 0 aromatic rings. The number of hydrogen-bond donors (Lipinski definition) is 0. The van der Waals surface area contributed by atoms with Crippen LogP contribution in [0.2, 0.25) is 0 Å². The highest BCUT2D eigenvalue weighted by Crippen LogP contribution is 2.29. The van der Waals surface area contributed by atoms with Gasteiger partial charge in [0.15, 0.2) is 0 Å². The van der Waals surface area contributed by atoms with Crippen LogP contribution >= 0.6 is 15.9 Å². The Kier molecular flexibility index (Phi) is 4.25. The molecule has 1 nitrogen and oxygen atoms in total. The molecule has 1 fully saturated rings. The van der Waals surface area contributed by atoms with E-state index in [0.29, 0.717) is 5.92 Å². The Labute approximate surface area is 90.8 Å². The van der Waals surface area contributed by atoms with Gasteiger partial charge in [-0.25, -0.2) is 0 Å². The smallest absolute Gasteiger partial charge is 0.305 e. The fourth-order valence-electron chi connectivity index (χ4n) is 1.57. The van der Waals surface area contributed by atoms with E-state index in [9.17, 15) is 13.2 Å². The van der Waals surface area contributed by atoms with Crippen LogP contribution in [0.4, 0.5) is 13.2 Å². The second-order valence-electron chi connectivity index (χ2n) is 4.03. The molecule has 1 rings (SSSR count). The quantitative estimate of drug-likeness (QED) is 0.712. The Morgan fingerprint density at radius 2 is 2.00 bits per heavy atom. The molecule has 1 saturated carbocycles. The van der Waals surface area contributed by atoms with E-state index >= 15 is 0 Å². The molecule has 84 valence electrons. The van der Waals surface area contributed by atoms with Crippen LogP contribution in [0.5, 0.6) is 0 Å². The zero-order chi connectivity index (χ0) is 10.8. The Morgan fingerprint density at radius 3 is 2.36 bits per heavy atom. The van der Waals surface area contributed by atoms with Gasteiger partial charge in [-0.1, -0.05) is 22.4 Å². The molecule has 0 aromatic heterocycles. The van der Waals surface area contributed by atoms with Crippen LogP contribution in [0.25, 0.3) is 0 Å². The molecule has 5 heteroatoms. The molecule has 0 radical (unpaired) electrons. The lowest BCUT2D eigenvalue weighted by Crippen LogP contribution is -2.38. The zero-order valence-electron chi connectivity index (χ0n) is 8.15. The molecule has 14 heavy (non-hydrogen) atoms. The number of halogens is 4. The summed E-state index contributed by atoms with van der Waals surface area (Å²) in [4.78, 5) is 0.358. The molecule has 1 atom stereocenters. The number of hydrogen-bond acceptors (Lipinski definition) is 1. The molecular weight excluding hydrogens is 259 g/mol. The molecule has 0 saturated heterocycles. The number of alkyl halides is 4. The summed E-state index contributed by atoms with van der Waals surface area (Å²) in [6.45, 7) is 0.832. The highest BCUT2D eigenvalue weighted by molar-refractivity contribution is 9.09. The molecule has 0 heterocycles. The SMILES string of the molecule is CN(CC1CCC1)CC(Br)C(F)(F)F. The van der Waals surface area contributed by atoms with Gasteiger partial charge in [-0.2, -0.15) is 13.2 Å².